The van der Waals surface area contributed by atoms with Crippen molar-refractivity contribution >= 4 is 11.3 Å². The Hall–Kier alpha value is -0.340. The highest BCUT2D eigenvalue weighted by molar-refractivity contribution is 7.10. The fraction of sp³-hybridized carbons (Fsp3) is 0.714. The molecule has 0 saturated carbocycles. The molecule has 0 amide bonds. The van der Waals surface area contributed by atoms with Gasteiger partial charge in [-0.2, -0.15) is 0 Å². The van der Waals surface area contributed by atoms with E-state index in [1.54, 1.807) is 0 Å². The lowest BCUT2D eigenvalue weighted by atomic mass is 9.93. The first-order valence-corrected chi connectivity index (χ1v) is 7.38. The van der Waals surface area contributed by atoms with Crippen LogP contribution >= 0.6 is 11.3 Å². The van der Waals surface area contributed by atoms with Crippen molar-refractivity contribution in [3.8, 4) is 0 Å². The van der Waals surface area contributed by atoms with Gasteiger partial charge in [-0.05, 0) is 42.8 Å². The van der Waals surface area contributed by atoms with E-state index in [0.29, 0.717) is 6.04 Å². The molecule has 0 aliphatic carbocycles. The summed E-state index contributed by atoms with van der Waals surface area (Å²) in [5, 5.41) is 5.85. The fourth-order valence-corrected chi connectivity index (χ4v) is 3.24. The molecule has 92 valence electrons. The molecule has 0 spiro atoms. The van der Waals surface area contributed by atoms with Crippen LogP contribution in [-0.4, -0.2) is 6.54 Å². The van der Waals surface area contributed by atoms with Gasteiger partial charge in [0.15, 0.2) is 0 Å². The normalized spacial score (nSPS) is 13.3. The van der Waals surface area contributed by atoms with E-state index >= 15 is 0 Å². The van der Waals surface area contributed by atoms with Crippen LogP contribution in [0.15, 0.2) is 11.4 Å². The summed E-state index contributed by atoms with van der Waals surface area (Å²) in [5.41, 5.74) is 1.45. The van der Waals surface area contributed by atoms with Gasteiger partial charge in [0.2, 0.25) is 0 Å². The zero-order valence-electron chi connectivity index (χ0n) is 11.0. The maximum Gasteiger partial charge on any atom is 0.0420 e. The lowest BCUT2D eigenvalue weighted by Gasteiger charge is -2.22. The summed E-state index contributed by atoms with van der Waals surface area (Å²) in [6, 6.07) is 2.80. The molecule has 1 aromatic rings. The zero-order chi connectivity index (χ0) is 12.0. The number of rotatable bonds is 7. The third-order valence-corrected chi connectivity index (χ3v) is 4.53. The largest absolute Gasteiger partial charge is 0.310 e. The molecule has 0 fully saturated rings. The number of thiophene rings is 1. The van der Waals surface area contributed by atoms with E-state index in [-0.39, 0.29) is 0 Å². The molecule has 0 saturated heterocycles. The number of nitrogens with one attached hydrogen (secondary N) is 1. The Morgan fingerprint density at radius 1 is 1.25 bits per heavy atom. The van der Waals surface area contributed by atoms with E-state index in [2.05, 4.69) is 44.5 Å². The molecule has 16 heavy (non-hydrogen) atoms. The van der Waals surface area contributed by atoms with E-state index in [1.165, 1.54) is 29.7 Å². The molecule has 1 nitrogen and oxygen atoms in total. The Bertz CT molecular complexity index is 289. The zero-order valence-corrected chi connectivity index (χ0v) is 11.9. The third-order valence-electron chi connectivity index (χ3n) is 3.39. The van der Waals surface area contributed by atoms with Crippen molar-refractivity contribution in [2.75, 3.05) is 6.54 Å². The molecular formula is C14H25NS. The number of aryl methyl sites for hydroxylation is 1. The van der Waals surface area contributed by atoms with Crippen molar-refractivity contribution in [1.29, 1.82) is 0 Å². The van der Waals surface area contributed by atoms with Crippen molar-refractivity contribution in [3.05, 3.63) is 21.9 Å². The van der Waals surface area contributed by atoms with Gasteiger partial charge in [-0.15, -0.1) is 11.3 Å². The first-order chi connectivity index (χ1) is 7.72. The van der Waals surface area contributed by atoms with Gasteiger partial charge in [-0.1, -0.05) is 33.6 Å². The van der Waals surface area contributed by atoms with Crippen LogP contribution in [0.1, 0.15) is 56.5 Å². The fourth-order valence-electron chi connectivity index (χ4n) is 2.23. The molecule has 0 aromatic carbocycles. The van der Waals surface area contributed by atoms with Gasteiger partial charge < -0.3 is 5.32 Å². The molecule has 1 heterocycles. The standard InChI is InChI=1S/C14H25NS/c1-5-12(6-2)10-13(15-7-3)14-11(4)8-9-16-14/h8-9,12-13,15H,5-7,10H2,1-4H3. The quantitative estimate of drug-likeness (QED) is 0.737. The molecule has 0 aliphatic heterocycles. The topological polar surface area (TPSA) is 12.0 Å². The van der Waals surface area contributed by atoms with Crippen LogP contribution in [0.4, 0.5) is 0 Å². The summed E-state index contributed by atoms with van der Waals surface area (Å²) in [4.78, 5) is 1.54. The molecular weight excluding hydrogens is 214 g/mol. The van der Waals surface area contributed by atoms with Crippen LogP contribution in [-0.2, 0) is 0 Å². The Kier molecular flexibility index (Phi) is 6.07. The van der Waals surface area contributed by atoms with Crippen molar-refractivity contribution in [3.63, 3.8) is 0 Å². The molecule has 1 aromatic heterocycles. The van der Waals surface area contributed by atoms with E-state index in [1.807, 2.05) is 11.3 Å². The van der Waals surface area contributed by atoms with Gasteiger partial charge in [0.25, 0.3) is 0 Å². The Morgan fingerprint density at radius 2 is 1.94 bits per heavy atom. The van der Waals surface area contributed by atoms with Crippen LogP contribution in [0.25, 0.3) is 0 Å². The van der Waals surface area contributed by atoms with Gasteiger partial charge in [0.1, 0.15) is 0 Å². The van der Waals surface area contributed by atoms with Gasteiger partial charge in [-0.3, -0.25) is 0 Å². The monoisotopic (exact) mass is 239 g/mol. The van der Waals surface area contributed by atoms with Crippen molar-refractivity contribution < 1.29 is 0 Å². The van der Waals surface area contributed by atoms with Crippen LogP contribution in [0.3, 0.4) is 0 Å². The highest BCUT2D eigenvalue weighted by Gasteiger charge is 2.17. The smallest absolute Gasteiger partial charge is 0.0420 e. The SMILES string of the molecule is CCNC(CC(CC)CC)c1sccc1C. The number of hydrogen-bond acceptors (Lipinski definition) is 2. The minimum Gasteiger partial charge on any atom is -0.310 e. The maximum absolute atomic E-state index is 3.64. The minimum absolute atomic E-state index is 0.565. The summed E-state index contributed by atoms with van der Waals surface area (Å²) in [7, 11) is 0. The summed E-state index contributed by atoms with van der Waals surface area (Å²) in [6.07, 6.45) is 3.87. The molecule has 2 heteroatoms. The van der Waals surface area contributed by atoms with Crippen LogP contribution < -0.4 is 5.32 Å². The predicted molar refractivity (Wildman–Crippen MR) is 74.2 cm³/mol. The third kappa shape index (κ3) is 3.60. The number of hydrogen-bond donors (Lipinski definition) is 1. The second-order valence-electron chi connectivity index (χ2n) is 4.50. The molecule has 1 unspecified atom stereocenters. The van der Waals surface area contributed by atoms with Crippen LogP contribution in [0.5, 0.6) is 0 Å². The second-order valence-corrected chi connectivity index (χ2v) is 5.44. The molecule has 1 rings (SSSR count). The van der Waals surface area contributed by atoms with E-state index in [0.717, 1.165) is 12.5 Å². The van der Waals surface area contributed by atoms with Crippen molar-refractivity contribution in [2.24, 2.45) is 5.92 Å². The molecule has 1 N–H and O–H groups in total. The summed E-state index contributed by atoms with van der Waals surface area (Å²) in [5.74, 6) is 0.852. The van der Waals surface area contributed by atoms with Crippen molar-refractivity contribution in [1.82, 2.24) is 5.32 Å². The first kappa shape index (κ1) is 13.7. The summed E-state index contributed by atoms with van der Waals surface area (Å²) >= 11 is 1.90. The highest BCUT2D eigenvalue weighted by atomic mass is 32.1. The van der Waals surface area contributed by atoms with E-state index < -0.39 is 0 Å². The summed E-state index contributed by atoms with van der Waals surface area (Å²) in [6.45, 7) is 10.1. The van der Waals surface area contributed by atoms with Gasteiger partial charge in [0, 0.05) is 10.9 Å². The lowest BCUT2D eigenvalue weighted by Crippen LogP contribution is -2.23. The molecule has 0 bridgehead atoms. The summed E-state index contributed by atoms with van der Waals surface area (Å²) < 4.78 is 0. The molecule has 0 radical (unpaired) electrons. The van der Waals surface area contributed by atoms with Crippen molar-refractivity contribution in [2.45, 2.75) is 53.0 Å². The van der Waals surface area contributed by atoms with E-state index in [4.69, 9.17) is 0 Å². The van der Waals surface area contributed by atoms with Gasteiger partial charge in [0.05, 0.1) is 0 Å². The minimum atomic E-state index is 0.565. The molecule has 0 aliphatic rings. The van der Waals surface area contributed by atoms with Crippen LogP contribution in [0.2, 0.25) is 0 Å². The average Bonchev–Trinajstić information content (AvgIpc) is 2.71. The maximum atomic E-state index is 3.64. The van der Waals surface area contributed by atoms with Gasteiger partial charge >= 0.3 is 0 Å². The Labute approximate surface area is 104 Å². The Balaban J connectivity index is 2.71. The first-order valence-electron chi connectivity index (χ1n) is 6.50. The Morgan fingerprint density at radius 3 is 2.38 bits per heavy atom. The lowest BCUT2D eigenvalue weighted by molar-refractivity contribution is 0.378. The molecule has 1 atom stereocenters. The average molecular weight is 239 g/mol. The van der Waals surface area contributed by atoms with E-state index in [9.17, 15) is 0 Å². The highest BCUT2D eigenvalue weighted by Crippen LogP contribution is 2.30. The predicted octanol–water partition coefficient (Wildman–Crippen LogP) is 4.53. The van der Waals surface area contributed by atoms with Crippen LogP contribution in [0, 0.1) is 12.8 Å². The van der Waals surface area contributed by atoms with Gasteiger partial charge in [-0.25, -0.2) is 0 Å². The second kappa shape index (κ2) is 7.08.